The van der Waals surface area contributed by atoms with Crippen LogP contribution in [-0.4, -0.2) is 68.2 Å². The molecule has 2 bridgehead atoms. The number of amides is 4. The summed E-state index contributed by atoms with van der Waals surface area (Å²) in [4.78, 5) is 71.4. The Morgan fingerprint density at radius 2 is 1.67 bits per heavy atom. The molecule has 2 aliphatic rings. The molecule has 2 aliphatic heterocycles. The highest BCUT2D eigenvalue weighted by atomic mass is 16.5. The second-order valence-electron chi connectivity index (χ2n) is 12.9. The summed E-state index contributed by atoms with van der Waals surface area (Å²) in [5.74, 6) is -1.80. The van der Waals surface area contributed by atoms with E-state index in [9.17, 15) is 24.0 Å². The molecule has 15 heteroatoms. The molecular weight excluding hydrogens is 668 g/mol. The number of aromatic nitrogens is 4. The molecule has 2 aromatic heterocycles. The maximum atomic E-state index is 14.0. The number of rotatable bonds is 5. The van der Waals surface area contributed by atoms with Gasteiger partial charge in [0.15, 0.2) is 11.4 Å². The Hall–Kier alpha value is -6.25. The number of benzene rings is 3. The van der Waals surface area contributed by atoms with Crippen molar-refractivity contribution in [2.45, 2.75) is 58.4 Å². The van der Waals surface area contributed by atoms with Gasteiger partial charge in [-0.15, -0.1) is 0 Å². The van der Waals surface area contributed by atoms with Crippen LogP contribution in [0.25, 0.3) is 22.5 Å². The molecule has 15 nitrogen and oxygen atoms in total. The number of oxazole rings is 1. The third-order valence-electron chi connectivity index (χ3n) is 8.60. The highest BCUT2D eigenvalue weighted by Gasteiger charge is 2.31. The molecule has 0 spiro atoms. The largest absolute Gasteiger partial charge is 0.492 e. The monoisotopic (exact) mass is 708 g/mol. The maximum Gasteiger partial charge on any atom is 0.420 e. The number of carbonyl (C=O) groups is 4. The first-order chi connectivity index (χ1) is 25.0. The van der Waals surface area contributed by atoms with Gasteiger partial charge in [0.2, 0.25) is 23.6 Å². The van der Waals surface area contributed by atoms with Crippen LogP contribution in [0.2, 0.25) is 0 Å². The fourth-order valence-corrected chi connectivity index (χ4v) is 5.92. The molecule has 0 saturated carbocycles. The number of nitrogens with one attached hydrogen (secondary N) is 4. The lowest BCUT2D eigenvalue weighted by Crippen LogP contribution is -2.56. The molecular formula is C37H40N8O7. The Morgan fingerprint density at radius 1 is 0.942 bits per heavy atom. The zero-order valence-corrected chi connectivity index (χ0v) is 29.0. The van der Waals surface area contributed by atoms with E-state index >= 15 is 0 Å². The SMILES string of the molecule is CC(C)[C@H]1NC(=O)[C@@H](NC(=O)Cn2c(=O)oc3ccccc32)Cc2ccc(cc2)OCCNC(=O)Cn2nc(-c3ccccc3)nc2[C@H](C)NC1=O. The first-order valence-electron chi connectivity index (χ1n) is 17.0. The lowest BCUT2D eigenvalue weighted by molar-refractivity contribution is -0.133. The summed E-state index contributed by atoms with van der Waals surface area (Å²) in [6.45, 7) is 5.17. The molecule has 4 amide bonds. The van der Waals surface area contributed by atoms with Crippen molar-refractivity contribution < 1.29 is 28.3 Å². The van der Waals surface area contributed by atoms with Gasteiger partial charge in [0.25, 0.3) is 0 Å². The van der Waals surface area contributed by atoms with Gasteiger partial charge < -0.3 is 30.4 Å². The summed E-state index contributed by atoms with van der Waals surface area (Å²) in [5.41, 5.74) is 2.21. The van der Waals surface area contributed by atoms with Crippen molar-refractivity contribution in [2.75, 3.05) is 13.2 Å². The van der Waals surface area contributed by atoms with E-state index in [1.807, 2.05) is 30.3 Å². The molecule has 7 rings (SSSR count). The van der Waals surface area contributed by atoms with Crippen LogP contribution >= 0.6 is 0 Å². The summed E-state index contributed by atoms with van der Waals surface area (Å²) >= 11 is 0. The van der Waals surface area contributed by atoms with Gasteiger partial charge in [-0.3, -0.25) is 23.7 Å². The Balaban J connectivity index is 1.28. The zero-order chi connectivity index (χ0) is 36.8. The molecule has 0 aliphatic carbocycles. The van der Waals surface area contributed by atoms with E-state index in [0.717, 1.165) is 5.56 Å². The molecule has 5 aromatic rings. The molecule has 52 heavy (non-hydrogen) atoms. The third-order valence-corrected chi connectivity index (χ3v) is 8.60. The molecule has 0 radical (unpaired) electrons. The maximum absolute atomic E-state index is 14.0. The predicted octanol–water partition coefficient (Wildman–Crippen LogP) is 2.11. The molecule has 3 atom stereocenters. The Kier molecular flexibility index (Phi) is 10.8. The van der Waals surface area contributed by atoms with E-state index in [1.54, 1.807) is 69.3 Å². The van der Waals surface area contributed by atoms with E-state index in [0.29, 0.717) is 34.1 Å². The highest BCUT2D eigenvalue weighted by Crippen LogP contribution is 2.20. The van der Waals surface area contributed by atoms with Crippen LogP contribution in [0.15, 0.2) is 88.1 Å². The normalized spacial score (nSPS) is 18.9. The number of hydrogen-bond donors (Lipinski definition) is 4. The first-order valence-corrected chi connectivity index (χ1v) is 17.0. The fourth-order valence-electron chi connectivity index (χ4n) is 5.92. The summed E-state index contributed by atoms with van der Waals surface area (Å²) < 4.78 is 13.7. The summed E-state index contributed by atoms with van der Waals surface area (Å²) in [6, 6.07) is 20.1. The van der Waals surface area contributed by atoms with Gasteiger partial charge in [-0.05, 0) is 42.7 Å². The number of hydrogen-bond acceptors (Lipinski definition) is 9. The fraction of sp³-hybridized carbons (Fsp3) is 0.324. The van der Waals surface area contributed by atoms with Crippen molar-refractivity contribution in [1.82, 2.24) is 40.6 Å². The summed E-state index contributed by atoms with van der Waals surface area (Å²) in [7, 11) is 0. The van der Waals surface area contributed by atoms with Gasteiger partial charge in [0, 0.05) is 12.0 Å². The van der Waals surface area contributed by atoms with Crippen LogP contribution in [0.1, 0.15) is 38.2 Å². The van der Waals surface area contributed by atoms with Crippen LogP contribution in [0.5, 0.6) is 5.75 Å². The quantitative estimate of drug-likeness (QED) is 0.212. The number of nitrogens with zero attached hydrogens (tertiary/aromatic N) is 4. The van der Waals surface area contributed by atoms with Crippen molar-refractivity contribution in [3.8, 4) is 17.1 Å². The molecule has 0 saturated heterocycles. The van der Waals surface area contributed by atoms with Gasteiger partial charge in [0.05, 0.1) is 18.1 Å². The minimum absolute atomic E-state index is 0.0726. The first kappa shape index (κ1) is 35.6. The standard InChI is InChI=1S/C37H40N8O7/c1-22(2)32-36(49)39-23(3)34-42-33(25-9-5-4-6-10-25)43-45(34)21-30(46)38-17-18-51-26-15-13-24(14-16-26)19-27(35(48)41-32)40-31(47)20-44-28-11-7-8-12-29(28)52-37(44)50/h4-16,22-23,27,32H,17-21H2,1-3H3,(H,38,46)(H,39,49)(H,40,47)(H,41,48)/t23-,27-,32+/m0/s1. The zero-order valence-electron chi connectivity index (χ0n) is 29.0. The van der Waals surface area contributed by atoms with Crippen LogP contribution in [0, 0.1) is 5.92 Å². The molecule has 270 valence electrons. The smallest absolute Gasteiger partial charge is 0.420 e. The Bertz CT molecular complexity index is 2120. The average molecular weight is 709 g/mol. The van der Waals surface area contributed by atoms with E-state index in [1.165, 1.54) is 9.25 Å². The van der Waals surface area contributed by atoms with E-state index < -0.39 is 41.6 Å². The van der Waals surface area contributed by atoms with E-state index in [4.69, 9.17) is 9.15 Å². The van der Waals surface area contributed by atoms with Gasteiger partial charge in [-0.25, -0.2) is 14.5 Å². The molecule has 4 heterocycles. The average Bonchev–Trinajstić information content (AvgIpc) is 3.69. The van der Waals surface area contributed by atoms with Gasteiger partial charge >= 0.3 is 5.76 Å². The minimum atomic E-state index is -1.11. The van der Waals surface area contributed by atoms with Crippen molar-refractivity contribution in [3.63, 3.8) is 0 Å². The van der Waals surface area contributed by atoms with E-state index in [-0.39, 0.29) is 44.5 Å². The second kappa shape index (κ2) is 15.7. The Labute approximate surface area is 298 Å². The predicted molar refractivity (Wildman–Crippen MR) is 190 cm³/mol. The lowest BCUT2D eigenvalue weighted by Gasteiger charge is -2.27. The van der Waals surface area contributed by atoms with Crippen molar-refractivity contribution in [3.05, 3.63) is 101 Å². The topological polar surface area (TPSA) is 191 Å². The number of carbonyl (C=O) groups excluding carboxylic acids is 4. The molecule has 0 fully saturated rings. The van der Waals surface area contributed by atoms with Crippen molar-refractivity contribution in [2.24, 2.45) is 5.92 Å². The van der Waals surface area contributed by atoms with Crippen LogP contribution < -0.4 is 31.8 Å². The highest BCUT2D eigenvalue weighted by molar-refractivity contribution is 5.92. The minimum Gasteiger partial charge on any atom is -0.492 e. The second-order valence-corrected chi connectivity index (χ2v) is 12.9. The summed E-state index contributed by atoms with van der Waals surface area (Å²) in [6.07, 6.45) is 0.0726. The number of fused-ring (bicyclic) bond motifs is 15. The van der Waals surface area contributed by atoms with Gasteiger partial charge in [-0.2, -0.15) is 5.10 Å². The van der Waals surface area contributed by atoms with E-state index in [2.05, 4.69) is 31.3 Å². The van der Waals surface area contributed by atoms with Crippen molar-refractivity contribution in [1.29, 1.82) is 0 Å². The van der Waals surface area contributed by atoms with Gasteiger partial charge in [0.1, 0.15) is 43.4 Å². The Morgan fingerprint density at radius 3 is 2.42 bits per heavy atom. The van der Waals surface area contributed by atoms with Crippen LogP contribution in [-0.2, 0) is 38.7 Å². The molecule has 0 unspecified atom stereocenters. The van der Waals surface area contributed by atoms with Crippen LogP contribution in [0.4, 0.5) is 0 Å². The van der Waals surface area contributed by atoms with Crippen molar-refractivity contribution >= 4 is 34.7 Å². The summed E-state index contributed by atoms with van der Waals surface area (Å²) in [5, 5.41) is 15.9. The molecule has 4 N–H and O–H groups in total. The third kappa shape index (κ3) is 8.37. The molecule has 3 aromatic carbocycles. The lowest BCUT2D eigenvalue weighted by atomic mass is 10.0. The number of ether oxygens (including phenoxy) is 1. The van der Waals surface area contributed by atoms with Crippen LogP contribution in [0.3, 0.4) is 0 Å². The van der Waals surface area contributed by atoms with Gasteiger partial charge in [-0.1, -0.05) is 68.4 Å². The number of para-hydroxylation sites is 2.